The minimum absolute atomic E-state index is 0.400. The second-order valence-corrected chi connectivity index (χ2v) is 2.76. The lowest BCUT2D eigenvalue weighted by molar-refractivity contribution is 0.0999. The number of hydrogen-bond donors (Lipinski definition) is 2. The van der Waals surface area contributed by atoms with Crippen molar-refractivity contribution in [3.05, 3.63) is 23.0 Å². The molecule has 0 aliphatic heterocycles. The minimum atomic E-state index is -0.400. The van der Waals surface area contributed by atoms with Crippen molar-refractivity contribution in [2.24, 2.45) is 18.5 Å². The molecule has 1 rings (SSSR count). The highest BCUT2D eigenvalue weighted by molar-refractivity contribution is 5.94. The van der Waals surface area contributed by atoms with Gasteiger partial charge in [-0.25, -0.2) is 0 Å². The maximum atomic E-state index is 10.9. The molecule has 1 aromatic heterocycles. The number of carbonyl (C=O) groups is 1. The normalized spacial score (nSPS) is 10.2. The highest BCUT2D eigenvalue weighted by Gasteiger charge is 2.11. The molecule has 4 nitrogen and oxygen atoms in total. The summed E-state index contributed by atoms with van der Waals surface area (Å²) >= 11 is 0. The van der Waals surface area contributed by atoms with E-state index in [0.717, 1.165) is 11.4 Å². The van der Waals surface area contributed by atoms with Crippen molar-refractivity contribution < 1.29 is 4.79 Å². The Hall–Kier alpha value is -1.29. The number of nitrogens with zero attached hydrogens (tertiary/aromatic N) is 1. The molecule has 1 aromatic rings. The van der Waals surface area contributed by atoms with Gasteiger partial charge in [-0.05, 0) is 13.0 Å². The summed E-state index contributed by atoms with van der Waals surface area (Å²) in [5, 5.41) is 0. The van der Waals surface area contributed by atoms with Crippen LogP contribution in [0.25, 0.3) is 0 Å². The molecule has 0 saturated heterocycles. The second kappa shape index (κ2) is 2.98. The van der Waals surface area contributed by atoms with Crippen LogP contribution in [0.15, 0.2) is 6.07 Å². The predicted molar refractivity (Wildman–Crippen MR) is 46.6 cm³/mol. The van der Waals surface area contributed by atoms with Gasteiger partial charge in [0.15, 0.2) is 0 Å². The molecule has 0 aromatic carbocycles. The zero-order valence-corrected chi connectivity index (χ0v) is 7.29. The van der Waals surface area contributed by atoms with E-state index in [9.17, 15) is 4.79 Å². The van der Waals surface area contributed by atoms with Crippen molar-refractivity contribution in [1.82, 2.24) is 4.57 Å². The molecule has 1 heterocycles. The van der Waals surface area contributed by atoms with Crippen LogP contribution in [-0.2, 0) is 13.6 Å². The number of rotatable bonds is 2. The third kappa shape index (κ3) is 1.21. The van der Waals surface area contributed by atoms with Gasteiger partial charge in [-0.2, -0.15) is 0 Å². The van der Waals surface area contributed by atoms with Crippen LogP contribution in [-0.4, -0.2) is 10.5 Å². The lowest BCUT2D eigenvalue weighted by Gasteiger charge is -2.00. The summed E-state index contributed by atoms with van der Waals surface area (Å²) in [5.74, 6) is -0.400. The average Bonchev–Trinajstić information content (AvgIpc) is 2.30. The molecule has 0 bridgehead atoms. The molecule has 0 atom stereocenters. The Labute approximate surface area is 71.2 Å². The smallest absolute Gasteiger partial charge is 0.250 e. The third-order valence-corrected chi connectivity index (χ3v) is 2.11. The first-order valence-corrected chi connectivity index (χ1v) is 3.73. The summed E-state index contributed by atoms with van der Waals surface area (Å²) in [4.78, 5) is 10.9. The molecule has 0 aliphatic carbocycles. The highest BCUT2D eigenvalue weighted by Crippen LogP contribution is 2.12. The molecule has 0 fully saturated rings. The molecule has 4 N–H and O–H groups in total. The van der Waals surface area contributed by atoms with E-state index >= 15 is 0 Å². The molecule has 1 amide bonds. The van der Waals surface area contributed by atoms with E-state index in [4.69, 9.17) is 11.5 Å². The molecular weight excluding hydrogens is 154 g/mol. The fraction of sp³-hybridized carbons (Fsp3) is 0.375. The van der Waals surface area contributed by atoms with E-state index in [2.05, 4.69) is 0 Å². The molecule has 4 heteroatoms. The van der Waals surface area contributed by atoms with Gasteiger partial charge in [0.25, 0.3) is 5.91 Å². The van der Waals surface area contributed by atoms with E-state index in [1.54, 1.807) is 6.07 Å². The quantitative estimate of drug-likeness (QED) is 0.645. The van der Waals surface area contributed by atoms with E-state index in [0.29, 0.717) is 12.1 Å². The van der Waals surface area contributed by atoms with Crippen LogP contribution >= 0.6 is 0 Å². The van der Waals surface area contributed by atoms with E-state index in [1.807, 2.05) is 18.5 Å². The molecule has 0 radical (unpaired) electrons. The van der Waals surface area contributed by atoms with Gasteiger partial charge in [-0.15, -0.1) is 0 Å². The Morgan fingerprint density at radius 3 is 2.50 bits per heavy atom. The Bertz CT molecular complexity index is 314. The van der Waals surface area contributed by atoms with Gasteiger partial charge in [-0.3, -0.25) is 4.79 Å². The van der Waals surface area contributed by atoms with Crippen LogP contribution in [0.5, 0.6) is 0 Å². The first-order chi connectivity index (χ1) is 5.57. The Balaban J connectivity index is 3.25. The topological polar surface area (TPSA) is 74.0 Å². The van der Waals surface area contributed by atoms with E-state index in [1.165, 1.54) is 0 Å². The van der Waals surface area contributed by atoms with E-state index < -0.39 is 5.91 Å². The van der Waals surface area contributed by atoms with Crippen molar-refractivity contribution in [2.75, 3.05) is 0 Å². The zero-order chi connectivity index (χ0) is 9.30. The number of primary amides is 1. The summed E-state index contributed by atoms with van der Waals surface area (Å²) in [5.41, 5.74) is 13.0. The van der Waals surface area contributed by atoms with Crippen LogP contribution in [0.3, 0.4) is 0 Å². The summed E-state index contributed by atoms with van der Waals surface area (Å²) in [6.45, 7) is 2.27. The monoisotopic (exact) mass is 167 g/mol. The Kier molecular flexibility index (Phi) is 2.19. The molecule has 0 aliphatic rings. The van der Waals surface area contributed by atoms with Crippen LogP contribution in [0.1, 0.15) is 21.7 Å². The van der Waals surface area contributed by atoms with Crippen molar-refractivity contribution in [1.29, 1.82) is 0 Å². The lowest BCUT2D eigenvalue weighted by atomic mass is 10.2. The number of hydrogen-bond acceptors (Lipinski definition) is 2. The summed E-state index contributed by atoms with van der Waals surface area (Å²) in [6.07, 6.45) is 0. The summed E-state index contributed by atoms with van der Waals surface area (Å²) in [6, 6.07) is 1.73. The van der Waals surface area contributed by atoms with Gasteiger partial charge in [0.2, 0.25) is 0 Å². The molecule has 0 unspecified atom stereocenters. The molecule has 12 heavy (non-hydrogen) atoms. The molecule has 0 spiro atoms. The van der Waals surface area contributed by atoms with Gasteiger partial charge < -0.3 is 16.0 Å². The number of aromatic nitrogens is 1. The van der Waals surface area contributed by atoms with Crippen LogP contribution in [0.2, 0.25) is 0 Å². The van der Waals surface area contributed by atoms with Crippen LogP contribution in [0, 0.1) is 6.92 Å². The molecular formula is C8H13N3O. The number of nitrogens with two attached hydrogens (primary N) is 2. The second-order valence-electron chi connectivity index (χ2n) is 2.76. The fourth-order valence-corrected chi connectivity index (χ4v) is 1.21. The van der Waals surface area contributed by atoms with Crippen molar-refractivity contribution in [2.45, 2.75) is 13.5 Å². The maximum Gasteiger partial charge on any atom is 0.250 e. The van der Waals surface area contributed by atoms with Gasteiger partial charge in [-0.1, -0.05) is 0 Å². The highest BCUT2D eigenvalue weighted by atomic mass is 16.1. The molecule has 0 saturated carbocycles. The van der Waals surface area contributed by atoms with E-state index in [-0.39, 0.29) is 0 Å². The maximum absolute atomic E-state index is 10.9. The first-order valence-electron chi connectivity index (χ1n) is 3.73. The third-order valence-electron chi connectivity index (χ3n) is 2.11. The Morgan fingerprint density at radius 1 is 1.67 bits per heavy atom. The number of carbonyl (C=O) groups excluding carboxylic acids is 1. The first kappa shape index (κ1) is 8.80. The Morgan fingerprint density at radius 2 is 2.25 bits per heavy atom. The van der Waals surface area contributed by atoms with Crippen LogP contribution in [0.4, 0.5) is 0 Å². The standard InChI is InChI=1S/C8H13N3O/c1-5-7(8(10)12)3-6(4-9)11(5)2/h3H,4,9H2,1-2H3,(H2,10,12). The van der Waals surface area contributed by atoms with Crippen molar-refractivity contribution in [3.63, 3.8) is 0 Å². The summed E-state index contributed by atoms with van der Waals surface area (Å²) < 4.78 is 1.88. The van der Waals surface area contributed by atoms with Gasteiger partial charge >= 0.3 is 0 Å². The lowest BCUT2D eigenvalue weighted by Crippen LogP contribution is -2.11. The average molecular weight is 167 g/mol. The van der Waals surface area contributed by atoms with Crippen molar-refractivity contribution >= 4 is 5.91 Å². The van der Waals surface area contributed by atoms with Crippen molar-refractivity contribution in [3.8, 4) is 0 Å². The van der Waals surface area contributed by atoms with Gasteiger partial charge in [0, 0.05) is 25.0 Å². The number of amides is 1. The van der Waals surface area contributed by atoms with Gasteiger partial charge in [0.05, 0.1) is 5.56 Å². The largest absolute Gasteiger partial charge is 0.366 e. The summed E-state index contributed by atoms with van der Waals surface area (Å²) in [7, 11) is 1.87. The zero-order valence-electron chi connectivity index (χ0n) is 7.29. The minimum Gasteiger partial charge on any atom is -0.366 e. The SMILES string of the molecule is Cc1c(C(N)=O)cc(CN)n1C. The van der Waals surface area contributed by atoms with Gasteiger partial charge in [0.1, 0.15) is 0 Å². The fourth-order valence-electron chi connectivity index (χ4n) is 1.21. The van der Waals surface area contributed by atoms with Crippen LogP contribution < -0.4 is 11.5 Å². The molecule has 66 valence electrons. The predicted octanol–water partition coefficient (Wildman–Crippen LogP) is -0.109.